The van der Waals surface area contributed by atoms with Crippen molar-refractivity contribution in [2.45, 2.75) is 65.0 Å². The van der Waals surface area contributed by atoms with Crippen LogP contribution in [0.25, 0.3) is 0 Å². The zero-order valence-electron chi connectivity index (χ0n) is 25.2. The largest absolute Gasteiger partial charge is 0.480 e. The summed E-state index contributed by atoms with van der Waals surface area (Å²) in [5.41, 5.74) is 0.196. The van der Waals surface area contributed by atoms with Crippen LogP contribution in [0.5, 0.6) is 0 Å². The van der Waals surface area contributed by atoms with E-state index >= 15 is 0 Å². The van der Waals surface area contributed by atoms with E-state index in [1.54, 1.807) is 6.92 Å². The third-order valence-electron chi connectivity index (χ3n) is 7.02. The minimum absolute atomic E-state index is 0.0406. The summed E-state index contributed by atoms with van der Waals surface area (Å²) in [6, 6.07) is 9.34. The molecule has 0 aliphatic carbocycles. The number of anilines is 2. The van der Waals surface area contributed by atoms with Crippen LogP contribution < -0.4 is 20.9 Å². The Kier molecular flexibility index (Phi) is 13.7. The Morgan fingerprint density at radius 2 is 1.51 bits per heavy atom. The van der Waals surface area contributed by atoms with E-state index < -0.39 is 53.6 Å². The van der Waals surface area contributed by atoms with Gasteiger partial charge in [0.1, 0.15) is 12.1 Å². The fourth-order valence-electron chi connectivity index (χ4n) is 4.46. The van der Waals surface area contributed by atoms with E-state index in [-0.39, 0.29) is 42.2 Å². The van der Waals surface area contributed by atoms with E-state index in [1.807, 2.05) is 6.92 Å². The molecule has 0 aliphatic heterocycles. The topological polar surface area (TPSA) is 220 Å². The summed E-state index contributed by atoms with van der Waals surface area (Å²) in [5.74, 6) is -7.19. The van der Waals surface area contributed by atoms with Gasteiger partial charge in [-0.2, -0.15) is 0 Å². The number of hydrogen-bond acceptors (Lipinski definition) is 7. The first kappa shape index (κ1) is 35.9. The number of carbonyl (C=O) groups excluding carboxylic acids is 4. The molecule has 0 aromatic heterocycles. The number of carboxylic acids is 3. The minimum atomic E-state index is -1.79. The third kappa shape index (κ3) is 10.7. The van der Waals surface area contributed by atoms with Gasteiger partial charge >= 0.3 is 23.8 Å². The van der Waals surface area contributed by atoms with E-state index in [0.29, 0.717) is 24.8 Å². The van der Waals surface area contributed by atoms with Gasteiger partial charge in [0.2, 0.25) is 17.7 Å². The molecular weight excluding hydrogens is 588 g/mol. The Morgan fingerprint density at radius 1 is 0.867 bits per heavy atom. The Labute approximate surface area is 259 Å². The Morgan fingerprint density at radius 3 is 2.07 bits per heavy atom. The lowest BCUT2D eigenvalue weighted by molar-refractivity contribution is -0.148. The number of nitrogens with one attached hydrogen (secondary N) is 3. The molecule has 0 aliphatic rings. The standard InChI is InChI=1S/C31H38N4O10/c1-4-18(2)26(30(42)43)34-25(37)11-7-8-16-32-27(38)23(33-19(3)36)17-20-12-14-21(15-13-20)35(28(39)31(44)45)24-10-6-5-9-22(24)29(40)41/h5-6,9-10,12-15,18,23,26H,4,7-8,11,16-17H2,1-3H3,(H,32,38)(H,33,36)(H,34,37)(H,40,41)(H,42,43)(H,44,45)/t18-,23+,26-/m0/s1. The molecule has 0 saturated heterocycles. The summed E-state index contributed by atoms with van der Waals surface area (Å²) < 4.78 is 0. The molecule has 0 bridgehead atoms. The maximum atomic E-state index is 12.9. The predicted molar refractivity (Wildman–Crippen MR) is 162 cm³/mol. The molecule has 0 unspecified atom stereocenters. The number of amides is 4. The van der Waals surface area contributed by atoms with Crippen LogP contribution >= 0.6 is 0 Å². The summed E-state index contributed by atoms with van der Waals surface area (Å²) in [6.07, 6.45) is 1.52. The van der Waals surface area contributed by atoms with Gasteiger partial charge < -0.3 is 31.3 Å². The van der Waals surface area contributed by atoms with Gasteiger partial charge in [-0.05, 0) is 48.6 Å². The second-order valence-electron chi connectivity index (χ2n) is 10.4. The molecule has 0 heterocycles. The average molecular weight is 627 g/mol. The second kappa shape index (κ2) is 17.1. The van der Waals surface area contributed by atoms with Crippen molar-refractivity contribution in [3.63, 3.8) is 0 Å². The first-order chi connectivity index (χ1) is 21.3. The number of aromatic carboxylic acids is 1. The molecule has 2 aromatic rings. The number of hydrogen-bond donors (Lipinski definition) is 6. The zero-order valence-corrected chi connectivity index (χ0v) is 25.2. The van der Waals surface area contributed by atoms with Crippen LogP contribution in [0.3, 0.4) is 0 Å². The maximum Gasteiger partial charge on any atom is 0.395 e. The SMILES string of the molecule is CC[C@H](C)[C@H](NC(=O)CCCCNC(=O)[C@@H](Cc1ccc(N(C(=O)C(=O)O)c2ccccc2C(=O)O)cc1)NC(C)=O)C(=O)O. The van der Waals surface area contributed by atoms with Crippen LogP contribution in [0.15, 0.2) is 48.5 Å². The molecule has 45 heavy (non-hydrogen) atoms. The summed E-state index contributed by atoms with van der Waals surface area (Å²) in [4.78, 5) is 84.9. The van der Waals surface area contributed by atoms with Crippen LogP contribution in [0.2, 0.25) is 0 Å². The minimum Gasteiger partial charge on any atom is -0.480 e. The van der Waals surface area contributed by atoms with Crippen molar-refractivity contribution < 1.29 is 48.9 Å². The van der Waals surface area contributed by atoms with Crippen molar-refractivity contribution in [2.75, 3.05) is 11.4 Å². The number of nitrogens with zero attached hydrogens (tertiary/aromatic N) is 1. The number of carboxylic acid groups (broad SMARTS) is 3. The van der Waals surface area contributed by atoms with E-state index in [0.717, 1.165) is 4.90 Å². The molecular formula is C31H38N4O10. The molecule has 3 atom stereocenters. The summed E-state index contributed by atoms with van der Waals surface area (Å²) in [5, 5.41) is 36.0. The monoisotopic (exact) mass is 626 g/mol. The Balaban J connectivity index is 2.06. The van der Waals surface area contributed by atoms with Crippen molar-refractivity contribution >= 4 is 52.9 Å². The summed E-state index contributed by atoms with van der Waals surface area (Å²) in [6.45, 7) is 5.03. The van der Waals surface area contributed by atoms with Crippen LogP contribution in [-0.4, -0.2) is 75.5 Å². The number of unbranched alkanes of at least 4 members (excludes halogenated alkanes) is 1. The highest BCUT2D eigenvalue weighted by Gasteiger charge is 2.28. The van der Waals surface area contributed by atoms with Gasteiger partial charge in [0, 0.05) is 32.0 Å². The first-order valence-electron chi connectivity index (χ1n) is 14.3. The molecule has 242 valence electrons. The van der Waals surface area contributed by atoms with Crippen LogP contribution in [0.1, 0.15) is 62.4 Å². The van der Waals surface area contributed by atoms with Gasteiger partial charge in [-0.15, -0.1) is 0 Å². The molecule has 14 heteroatoms. The Bertz CT molecular complexity index is 1410. The van der Waals surface area contributed by atoms with Gasteiger partial charge in [-0.1, -0.05) is 44.5 Å². The lowest BCUT2D eigenvalue weighted by Gasteiger charge is -2.23. The molecule has 0 fully saturated rings. The number of para-hydroxylation sites is 1. The number of rotatable bonds is 16. The fourth-order valence-corrected chi connectivity index (χ4v) is 4.46. The highest BCUT2D eigenvalue weighted by molar-refractivity contribution is 6.39. The number of benzene rings is 2. The number of carbonyl (C=O) groups is 7. The van der Waals surface area contributed by atoms with E-state index in [1.165, 1.54) is 55.5 Å². The Hall–Kier alpha value is -5.27. The van der Waals surface area contributed by atoms with Crippen molar-refractivity contribution in [3.8, 4) is 0 Å². The average Bonchev–Trinajstić information content (AvgIpc) is 2.99. The lowest BCUT2D eigenvalue weighted by atomic mass is 9.99. The van der Waals surface area contributed by atoms with Crippen molar-refractivity contribution in [2.24, 2.45) is 5.92 Å². The van der Waals surface area contributed by atoms with Crippen LogP contribution in [-0.2, 0) is 35.2 Å². The second-order valence-corrected chi connectivity index (χ2v) is 10.4. The molecule has 6 N–H and O–H groups in total. The summed E-state index contributed by atoms with van der Waals surface area (Å²) in [7, 11) is 0. The quantitative estimate of drug-likeness (QED) is 0.118. The van der Waals surface area contributed by atoms with Gasteiger partial charge in [0.15, 0.2) is 0 Å². The van der Waals surface area contributed by atoms with Gasteiger partial charge in [-0.25, -0.2) is 14.4 Å². The van der Waals surface area contributed by atoms with E-state index in [9.17, 15) is 48.9 Å². The van der Waals surface area contributed by atoms with Gasteiger partial charge in [-0.3, -0.25) is 24.1 Å². The highest BCUT2D eigenvalue weighted by atomic mass is 16.4. The van der Waals surface area contributed by atoms with E-state index in [4.69, 9.17) is 0 Å². The third-order valence-corrected chi connectivity index (χ3v) is 7.02. The smallest absolute Gasteiger partial charge is 0.395 e. The molecule has 4 amide bonds. The molecule has 0 spiro atoms. The molecule has 0 radical (unpaired) electrons. The molecule has 2 rings (SSSR count). The molecule has 14 nitrogen and oxygen atoms in total. The normalized spacial score (nSPS) is 12.6. The van der Waals surface area contributed by atoms with Crippen molar-refractivity contribution in [1.29, 1.82) is 0 Å². The van der Waals surface area contributed by atoms with E-state index in [2.05, 4.69) is 16.0 Å². The van der Waals surface area contributed by atoms with Crippen LogP contribution in [0.4, 0.5) is 11.4 Å². The van der Waals surface area contributed by atoms with Gasteiger partial charge in [0.25, 0.3) is 0 Å². The fraction of sp³-hybridized carbons (Fsp3) is 0.387. The number of aliphatic carboxylic acids is 2. The maximum absolute atomic E-state index is 12.9. The molecule has 2 aromatic carbocycles. The lowest BCUT2D eigenvalue weighted by Crippen LogP contribution is -2.47. The van der Waals surface area contributed by atoms with Crippen molar-refractivity contribution in [3.05, 3.63) is 59.7 Å². The van der Waals surface area contributed by atoms with Crippen molar-refractivity contribution in [1.82, 2.24) is 16.0 Å². The predicted octanol–water partition coefficient (Wildman–Crippen LogP) is 2.08. The zero-order chi connectivity index (χ0) is 33.7. The van der Waals surface area contributed by atoms with Crippen LogP contribution in [0, 0.1) is 5.92 Å². The molecule has 0 saturated carbocycles. The first-order valence-corrected chi connectivity index (χ1v) is 14.3. The van der Waals surface area contributed by atoms with Gasteiger partial charge in [0.05, 0.1) is 11.3 Å². The highest BCUT2D eigenvalue weighted by Crippen LogP contribution is 2.29. The summed E-state index contributed by atoms with van der Waals surface area (Å²) >= 11 is 0.